The van der Waals surface area contributed by atoms with Crippen molar-refractivity contribution in [3.8, 4) is 0 Å². The molecule has 0 spiro atoms. The minimum absolute atomic E-state index is 0.203. The second kappa shape index (κ2) is 8.07. The van der Waals surface area contributed by atoms with Crippen LogP contribution in [0.15, 0.2) is 30.3 Å². The number of fused-ring (bicyclic) bond motifs is 2. The van der Waals surface area contributed by atoms with Gasteiger partial charge in [0.1, 0.15) is 0 Å². The molecule has 1 aromatic rings. The van der Waals surface area contributed by atoms with Crippen molar-refractivity contribution in [2.75, 3.05) is 0 Å². The Morgan fingerprint density at radius 3 is 2.46 bits per heavy atom. The van der Waals surface area contributed by atoms with Crippen LogP contribution in [0.3, 0.4) is 0 Å². The number of nitrogens with one attached hydrogen (secondary N) is 1. The van der Waals surface area contributed by atoms with E-state index >= 15 is 0 Å². The highest BCUT2D eigenvalue weighted by atomic mass is 32.1. The maximum absolute atomic E-state index is 6.10. The third-order valence-electron chi connectivity index (χ3n) is 8.12. The van der Waals surface area contributed by atoms with Crippen molar-refractivity contribution in [3.05, 3.63) is 35.9 Å². The van der Waals surface area contributed by atoms with Crippen LogP contribution in [-0.2, 0) is 0 Å². The summed E-state index contributed by atoms with van der Waals surface area (Å²) in [6.07, 6.45) is 12.4. The Morgan fingerprint density at radius 1 is 1.11 bits per heavy atom. The van der Waals surface area contributed by atoms with Gasteiger partial charge in [-0.15, -0.1) is 0 Å². The summed E-state index contributed by atoms with van der Waals surface area (Å²) in [6, 6.07) is 12.2. The van der Waals surface area contributed by atoms with Gasteiger partial charge in [-0.2, -0.15) is 0 Å². The molecule has 2 nitrogen and oxygen atoms in total. The molecule has 4 rings (SSSR count). The summed E-state index contributed by atoms with van der Waals surface area (Å²) in [5.74, 6) is 1.53. The highest BCUT2D eigenvalue weighted by Gasteiger charge is 2.51. The Morgan fingerprint density at radius 2 is 1.82 bits per heavy atom. The number of hydrogen-bond acceptors (Lipinski definition) is 2. The third kappa shape index (κ3) is 4.16. The van der Waals surface area contributed by atoms with E-state index < -0.39 is 0 Å². The SMILES string of the molecule is CCC1(C(=S)N[C@H]2CC[C@H](N)CC2)CC2C[C@H](c3ccccc3)C[C@](C)(C2)C1. The molecule has 0 saturated heterocycles. The molecule has 3 aliphatic carbocycles. The van der Waals surface area contributed by atoms with Crippen LogP contribution in [0.25, 0.3) is 0 Å². The first kappa shape index (κ1) is 20.3. The van der Waals surface area contributed by atoms with E-state index in [4.69, 9.17) is 18.0 Å². The van der Waals surface area contributed by atoms with E-state index in [0.29, 0.717) is 17.5 Å². The Kier molecular flexibility index (Phi) is 5.86. The fourth-order valence-electron chi connectivity index (χ4n) is 6.87. The molecule has 3 aliphatic rings. The third-order valence-corrected chi connectivity index (χ3v) is 8.67. The lowest BCUT2D eigenvalue weighted by Gasteiger charge is -2.55. The molecule has 3 N–H and O–H groups in total. The second-order valence-corrected chi connectivity index (χ2v) is 10.9. The van der Waals surface area contributed by atoms with Crippen molar-refractivity contribution in [1.29, 1.82) is 0 Å². The predicted molar refractivity (Wildman–Crippen MR) is 123 cm³/mol. The van der Waals surface area contributed by atoms with Crippen LogP contribution in [0.5, 0.6) is 0 Å². The smallest absolute Gasteiger partial charge is 0.0818 e. The molecular weight excluding hydrogens is 360 g/mol. The number of thiocarbonyl (C=S) groups is 1. The van der Waals surface area contributed by atoms with Gasteiger partial charge in [0.2, 0.25) is 0 Å². The van der Waals surface area contributed by atoms with Gasteiger partial charge in [0.25, 0.3) is 0 Å². The van der Waals surface area contributed by atoms with E-state index in [9.17, 15) is 0 Å². The number of nitrogens with two attached hydrogens (primary N) is 1. The van der Waals surface area contributed by atoms with Crippen molar-refractivity contribution >= 4 is 17.2 Å². The summed E-state index contributed by atoms with van der Waals surface area (Å²) in [5, 5.41) is 3.83. The van der Waals surface area contributed by atoms with E-state index in [1.54, 1.807) is 5.56 Å². The number of hydrogen-bond donors (Lipinski definition) is 2. The fourth-order valence-corrected chi connectivity index (χ4v) is 7.34. The van der Waals surface area contributed by atoms with Crippen LogP contribution in [0.4, 0.5) is 0 Å². The lowest BCUT2D eigenvalue weighted by Crippen LogP contribution is -2.52. The molecule has 3 fully saturated rings. The second-order valence-electron chi connectivity index (χ2n) is 10.5. The first-order chi connectivity index (χ1) is 13.4. The fraction of sp³-hybridized carbons (Fsp3) is 0.720. The van der Waals surface area contributed by atoms with Crippen LogP contribution in [0.1, 0.15) is 89.5 Å². The molecule has 28 heavy (non-hydrogen) atoms. The van der Waals surface area contributed by atoms with Crippen molar-refractivity contribution < 1.29 is 0 Å². The van der Waals surface area contributed by atoms with Gasteiger partial charge < -0.3 is 11.1 Å². The quantitative estimate of drug-likeness (QED) is 0.615. The maximum atomic E-state index is 6.10. The molecule has 3 heteroatoms. The maximum Gasteiger partial charge on any atom is 0.0818 e. The van der Waals surface area contributed by atoms with Gasteiger partial charge in [-0.25, -0.2) is 0 Å². The van der Waals surface area contributed by atoms with Crippen LogP contribution >= 0.6 is 12.2 Å². The Hall–Kier alpha value is -0.930. The summed E-state index contributed by atoms with van der Waals surface area (Å²) in [7, 11) is 0. The van der Waals surface area contributed by atoms with E-state index in [1.807, 2.05) is 0 Å². The zero-order valence-electron chi connectivity index (χ0n) is 17.8. The van der Waals surface area contributed by atoms with Crippen molar-refractivity contribution in [1.82, 2.24) is 5.32 Å². The molecule has 0 aromatic heterocycles. The van der Waals surface area contributed by atoms with E-state index in [1.165, 1.54) is 56.4 Å². The van der Waals surface area contributed by atoms with Crippen molar-refractivity contribution in [3.63, 3.8) is 0 Å². The lowest BCUT2D eigenvalue weighted by molar-refractivity contribution is 0.0158. The van der Waals surface area contributed by atoms with E-state index in [2.05, 4.69) is 49.5 Å². The molecule has 0 radical (unpaired) electrons. The number of benzene rings is 1. The molecule has 2 bridgehead atoms. The Labute approximate surface area is 177 Å². The van der Waals surface area contributed by atoms with Gasteiger partial charge in [-0.1, -0.05) is 56.4 Å². The average Bonchev–Trinajstić information content (AvgIpc) is 2.69. The topological polar surface area (TPSA) is 38.0 Å². The minimum Gasteiger partial charge on any atom is -0.376 e. The molecule has 0 aliphatic heterocycles. The predicted octanol–water partition coefficient (Wildman–Crippen LogP) is 5.95. The first-order valence-corrected chi connectivity index (χ1v) is 11.9. The van der Waals surface area contributed by atoms with E-state index in [-0.39, 0.29) is 5.41 Å². The first-order valence-electron chi connectivity index (χ1n) is 11.5. The molecule has 2 unspecified atom stereocenters. The largest absolute Gasteiger partial charge is 0.376 e. The van der Waals surface area contributed by atoms with Gasteiger partial charge in [-0.05, 0) is 87.0 Å². The zero-order valence-corrected chi connectivity index (χ0v) is 18.6. The molecule has 154 valence electrons. The van der Waals surface area contributed by atoms with Gasteiger partial charge in [0, 0.05) is 17.5 Å². The molecule has 3 saturated carbocycles. The van der Waals surface area contributed by atoms with Crippen LogP contribution in [0.2, 0.25) is 0 Å². The van der Waals surface area contributed by atoms with Crippen molar-refractivity contribution in [2.24, 2.45) is 22.5 Å². The van der Waals surface area contributed by atoms with Gasteiger partial charge in [-0.3, -0.25) is 0 Å². The highest BCUT2D eigenvalue weighted by Crippen LogP contribution is 2.60. The number of rotatable bonds is 4. The molecule has 0 amide bonds. The van der Waals surface area contributed by atoms with E-state index in [0.717, 1.165) is 24.7 Å². The van der Waals surface area contributed by atoms with Crippen LogP contribution in [-0.4, -0.2) is 17.1 Å². The summed E-state index contributed by atoms with van der Waals surface area (Å²) in [6.45, 7) is 4.91. The zero-order chi connectivity index (χ0) is 19.8. The summed E-state index contributed by atoms with van der Waals surface area (Å²) in [4.78, 5) is 1.17. The van der Waals surface area contributed by atoms with Gasteiger partial charge in [0.15, 0.2) is 0 Å². The summed E-state index contributed by atoms with van der Waals surface area (Å²) in [5.41, 5.74) is 8.26. The molecule has 1 aromatic carbocycles. The Balaban J connectivity index is 1.47. The monoisotopic (exact) mass is 398 g/mol. The molecular formula is C25H38N2S. The minimum atomic E-state index is 0.203. The van der Waals surface area contributed by atoms with Crippen molar-refractivity contribution in [2.45, 2.75) is 96.1 Å². The van der Waals surface area contributed by atoms with Gasteiger partial charge in [0.05, 0.1) is 4.99 Å². The average molecular weight is 399 g/mol. The molecule has 4 atom stereocenters. The molecule has 0 heterocycles. The summed E-state index contributed by atoms with van der Waals surface area (Å²) < 4.78 is 0. The summed E-state index contributed by atoms with van der Waals surface area (Å²) >= 11 is 6.10. The normalized spacial score (nSPS) is 40.7. The standard InChI is InChI=1S/C25H38N2S/c1-3-25(23(28)27-22-11-9-21(26)10-12-22)15-18-13-20(16-24(2,14-18)17-25)19-7-5-4-6-8-19/h4-8,18,20-22H,3,9-17,26H2,1-2H3,(H,27,28)/t18?,20-,21-,22-,24-,25?/m0/s1. The lowest BCUT2D eigenvalue weighted by atomic mass is 9.51. The van der Waals surface area contributed by atoms with Crippen LogP contribution in [0, 0.1) is 16.7 Å². The van der Waals surface area contributed by atoms with Gasteiger partial charge >= 0.3 is 0 Å². The Bertz CT molecular complexity index is 681. The van der Waals surface area contributed by atoms with Crippen LogP contribution < -0.4 is 11.1 Å². The highest BCUT2D eigenvalue weighted by molar-refractivity contribution is 7.80.